The van der Waals surface area contributed by atoms with E-state index in [4.69, 9.17) is 5.73 Å². The number of nitrogens with zero attached hydrogens (tertiary/aromatic N) is 2. The summed E-state index contributed by atoms with van der Waals surface area (Å²) in [4.78, 5) is 14.3. The van der Waals surface area contributed by atoms with Crippen LogP contribution in [0, 0.1) is 33.3 Å². The maximum absolute atomic E-state index is 10.2. The molecule has 3 N–H and O–H groups in total. The molecule has 4 bridgehead atoms. The van der Waals surface area contributed by atoms with Crippen LogP contribution in [0.5, 0.6) is 0 Å². The molecule has 4 fully saturated rings. The number of guanidine groups is 1. The largest absolute Gasteiger partial charge is 0.365 e. The lowest BCUT2D eigenvalue weighted by atomic mass is 9.49. The molecule has 0 heterocycles. The highest BCUT2D eigenvalue weighted by Gasteiger charge is 2.50. The van der Waals surface area contributed by atoms with E-state index in [9.17, 15) is 10.1 Å². The Balaban J connectivity index is 1.56. The zero-order chi connectivity index (χ0) is 13.5. The van der Waals surface area contributed by atoms with E-state index < -0.39 is 5.03 Å². The van der Waals surface area contributed by atoms with Crippen molar-refractivity contribution in [2.45, 2.75) is 44.9 Å². The fraction of sp³-hybridized carbons (Fsp3) is 0.923. The first-order valence-electron chi connectivity index (χ1n) is 7.26. The third kappa shape index (κ3) is 2.67. The average Bonchev–Trinajstić information content (AvgIpc) is 2.25. The summed E-state index contributed by atoms with van der Waals surface area (Å²) < 4.78 is 0. The van der Waals surface area contributed by atoms with Gasteiger partial charge in [0.2, 0.25) is 0 Å². The van der Waals surface area contributed by atoms with Crippen molar-refractivity contribution in [2.24, 2.45) is 33.9 Å². The van der Waals surface area contributed by atoms with Gasteiger partial charge in [-0.05, 0) is 68.1 Å². The van der Waals surface area contributed by atoms with E-state index in [0.29, 0.717) is 12.0 Å². The first kappa shape index (κ1) is 12.7. The summed E-state index contributed by atoms with van der Waals surface area (Å²) in [5.41, 5.74) is 7.82. The Bertz CT molecular complexity index is 372. The summed E-state index contributed by atoms with van der Waals surface area (Å²) in [6.45, 7) is 0.610. The Morgan fingerprint density at radius 2 is 1.79 bits per heavy atom. The molecule has 0 amide bonds. The highest BCUT2D eigenvalue weighted by Crippen LogP contribution is 2.61. The Hall–Kier alpha value is -1.33. The van der Waals surface area contributed by atoms with E-state index in [1.807, 2.05) is 5.43 Å². The number of nitro groups is 1. The minimum Gasteiger partial charge on any atom is -0.365 e. The van der Waals surface area contributed by atoms with Crippen molar-refractivity contribution < 1.29 is 5.03 Å². The van der Waals surface area contributed by atoms with Crippen LogP contribution in [0.1, 0.15) is 44.9 Å². The SMILES string of the molecule is NC(=NCCC12CC3CC(CC(C3)C1)C2)N[N+](=O)[O-]. The van der Waals surface area contributed by atoms with Crippen LogP contribution in [0.2, 0.25) is 0 Å². The molecule has 0 aromatic rings. The van der Waals surface area contributed by atoms with E-state index in [1.54, 1.807) is 0 Å². The maximum atomic E-state index is 10.2. The van der Waals surface area contributed by atoms with Gasteiger partial charge in [0.05, 0.1) is 0 Å². The molecule has 0 radical (unpaired) electrons. The van der Waals surface area contributed by atoms with Gasteiger partial charge >= 0.3 is 0 Å². The third-order valence-electron chi connectivity index (χ3n) is 5.30. The van der Waals surface area contributed by atoms with Crippen molar-refractivity contribution in [3.8, 4) is 0 Å². The molecule has 106 valence electrons. The number of hydrogen-bond acceptors (Lipinski definition) is 3. The fourth-order valence-electron chi connectivity index (χ4n) is 5.14. The van der Waals surface area contributed by atoms with Gasteiger partial charge in [-0.25, -0.2) is 15.1 Å². The first-order valence-corrected chi connectivity index (χ1v) is 7.26. The summed E-state index contributed by atoms with van der Waals surface area (Å²) in [6, 6.07) is 0. The van der Waals surface area contributed by atoms with Crippen LogP contribution in [0.25, 0.3) is 0 Å². The Kier molecular flexibility index (Phi) is 3.11. The Morgan fingerprint density at radius 1 is 1.26 bits per heavy atom. The monoisotopic (exact) mass is 266 g/mol. The molecule has 0 aromatic carbocycles. The second-order valence-corrected chi connectivity index (χ2v) is 6.80. The van der Waals surface area contributed by atoms with Crippen LogP contribution in [-0.4, -0.2) is 17.5 Å². The van der Waals surface area contributed by atoms with E-state index in [2.05, 4.69) is 4.99 Å². The van der Waals surface area contributed by atoms with Crippen molar-refractivity contribution >= 4 is 5.96 Å². The van der Waals surface area contributed by atoms with Crippen LogP contribution < -0.4 is 11.2 Å². The number of hydrogen-bond donors (Lipinski definition) is 2. The average molecular weight is 266 g/mol. The summed E-state index contributed by atoms with van der Waals surface area (Å²) in [6.07, 6.45) is 9.39. The second kappa shape index (κ2) is 4.65. The van der Waals surface area contributed by atoms with Crippen LogP contribution >= 0.6 is 0 Å². The molecule has 4 saturated carbocycles. The molecule has 6 nitrogen and oxygen atoms in total. The smallest absolute Gasteiger partial charge is 0.251 e. The molecular formula is C13H22N4O2. The predicted octanol–water partition coefficient (Wildman–Crippen LogP) is 1.69. The van der Waals surface area contributed by atoms with Crippen LogP contribution in [0.4, 0.5) is 0 Å². The molecule has 4 aliphatic carbocycles. The van der Waals surface area contributed by atoms with E-state index >= 15 is 0 Å². The molecule has 0 spiro atoms. The summed E-state index contributed by atoms with van der Waals surface area (Å²) in [5, 5.41) is 9.57. The van der Waals surface area contributed by atoms with Crippen LogP contribution in [0.15, 0.2) is 4.99 Å². The minimum atomic E-state index is -0.663. The van der Waals surface area contributed by atoms with Gasteiger partial charge < -0.3 is 5.73 Å². The van der Waals surface area contributed by atoms with Crippen LogP contribution in [-0.2, 0) is 0 Å². The van der Waals surface area contributed by atoms with Crippen molar-refractivity contribution in [3.63, 3.8) is 0 Å². The molecule has 0 unspecified atom stereocenters. The zero-order valence-corrected chi connectivity index (χ0v) is 11.2. The third-order valence-corrected chi connectivity index (χ3v) is 5.30. The van der Waals surface area contributed by atoms with E-state index in [0.717, 1.165) is 24.2 Å². The molecule has 0 saturated heterocycles. The van der Waals surface area contributed by atoms with E-state index in [1.165, 1.54) is 38.5 Å². The van der Waals surface area contributed by atoms with Gasteiger partial charge in [-0.15, -0.1) is 0 Å². The summed E-state index contributed by atoms with van der Waals surface area (Å²) in [5.74, 6) is 2.73. The molecule has 19 heavy (non-hydrogen) atoms. The molecule has 0 aliphatic heterocycles. The normalized spacial score (nSPS) is 40.4. The highest BCUT2D eigenvalue weighted by molar-refractivity contribution is 5.76. The highest BCUT2D eigenvalue weighted by atomic mass is 16.7. The topological polar surface area (TPSA) is 93.5 Å². The maximum Gasteiger partial charge on any atom is 0.251 e. The predicted molar refractivity (Wildman–Crippen MR) is 71.8 cm³/mol. The summed E-state index contributed by atoms with van der Waals surface area (Å²) in [7, 11) is 0. The molecule has 4 aliphatic rings. The lowest BCUT2D eigenvalue weighted by molar-refractivity contribution is -0.525. The summed E-state index contributed by atoms with van der Waals surface area (Å²) >= 11 is 0. The quantitative estimate of drug-likeness (QED) is 0.350. The molecule has 0 atom stereocenters. The Labute approximate surface area is 113 Å². The van der Waals surface area contributed by atoms with Gasteiger partial charge in [0.25, 0.3) is 5.96 Å². The van der Waals surface area contributed by atoms with Crippen molar-refractivity contribution in [1.29, 1.82) is 0 Å². The van der Waals surface area contributed by atoms with Crippen molar-refractivity contribution in [3.05, 3.63) is 10.1 Å². The van der Waals surface area contributed by atoms with Gasteiger partial charge in [0.15, 0.2) is 5.03 Å². The zero-order valence-electron chi connectivity index (χ0n) is 11.2. The molecule has 4 rings (SSSR count). The fourth-order valence-corrected chi connectivity index (χ4v) is 5.14. The Morgan fingerprint density at radius 3 is 2.26 bits per heavy atom. The number of hydrazine groups is 1. The second-order valence-electron chi connectivity index (χ2n) is 6.80. The number of nitrogens with one attached hydrogen (secondary N) is 1. The number of nitrogens with two attached hydrogens (primary N) is 1. The van der Waals surface area contributed by atoms with Crippen molar-refractivity contribution in [2.75, 3.05) is 6.54 Å². The van der Waals surface area contributed by atoms with Gasteiger partial charge in [-0.1, -0.05) is 5.43 Å². The lowest BCUT2D eigenvalue weighted by Gasteiger charge is -2.57. The lowest BCUT2D eigenvalue weighted by Crippen LogP contribution is -2.46. The van der Waals surface area contributed by atoms with Gasteiger partial charge in [0, 0.05) is 6.54 Å². The van der Waals surface area contributed by atoms with Crippen LogP contribution in [0.3, 0.4) is 0 Å². The molecule has 0 aromatic heterocycles. The number of rotatable bonds is 4. The first-order chi connectivity index (χ1) is 9.05. The number of aliphatic imine (C=N–C) groups is 1. The standard InChI is InChI=1S/C13H22N4O2/c14-12(16-17(18)19)15-2-1-13-6-9-3-10(7-13)5-11(4-9)8-13/h9-11H,1-8H2,(H3,14,15,16). The molecule has 6 heteroatoms. The van der Waals surface area contributed by atoms with Gasteiger partial charge in [0.1, 0.15) is 0 Å². The minimum absolute atomic E-state index is 0.0743. The molecular weight excluding hydrogens is 244 g/mol. The van der Waals surface area contributed by atoms with Crippen molar-refractivity contribution in [1.82, 2.24) is 5.43 Å². The van der Waals surface area contributed by atoms with Gasteiger partial charge in [-0.2, -0.15) is 0 Å². The van der Waals surface area contributed by atoms with E-state index in [-0.39, 0.29) is 5.96 Å². The van der Waals surface area contributed by atoms with Gasteiger partial charge in [-0.3, -0.25) is 0 Å².